The van der Waals surface area contributed by atoms with Crippen molar-refractivity contribution in [1.29, 1.82) is 0 Å². The number of rotatable bonds is 8. The molecular formula is C27H23Cl2N9O4. The molecule has 0 saturated heterocycles. The second-order valence-corrected chi connectivity index (χ2v) is 10.2. The molecule has 0 saturated carbocycles. The minimum atomic E-state index is -0.614. The molecule has 1 aromatic carbocycles. The van der Waals surface area contributed by atoms with E-state index in [1.807, 2.05) is 6.07 Å². The molecule has 1 atom stereocenters. The van der Waals surface area contributed by atoms with Crippen molar-refractivity contribution in [3.63, 3.8) is 0 Å². The third-order valence-corrected chi connectivity index (χ3v) is 7.27. The summed E-state index contributed by atoms with van der Waals surface area (Å²) in [6.07, 6.45) is 3.66. The topological polar surface area (TPSA) is 155 Å². The molecule has 0 fully saturated rings. The molecule has 42 heavy (non-hydrogen) atoms. The SMILES string of the molecule is COCCOC(=O)Nc1ccc(-c2nc([C@@H]3CCc4cc(-c5cc(Cl)ccc5-n5cnnn5)cc(=O)n43)[nH]c2Cl)nc1. The second kappa shape index (κ2) is 11.7. The molecule has 0 unspecified atom stereocenters. The maximum atomic E-state index is 13.5. The summed E-state index contributed by atoms with van der Waals surface area (Å²) < 4.78 is 13.1. The number of aryl methyl sites for hydroxylation is 1. The molecule has 15 heteroatoms. The predicted octanol–water partition coefficient (Wildman–Crippen LogP) is 4.31. The second-order valence-electron chi connectivity index (χ2n) is 9.38. The van der Waals surface area contributed by atoms with Gasteiger partial charge in [0.25, 0.3) is 5.56 Å². The van der Waals surface area contributed by atoms with Gasteiger partial charge in [0.15, 0.2) is 0 Å². The molecule has 4 aromatic heterocycles. The summed E-state index contributed by atoms with van der Waals surface area (Å²) in [7, 11) is 1.52. The first-order valence-electron chi connectivity index (χ1n) is 12.8. The minimum absolute atomic E-state index is 0.135. The molecule has 1 aliphatic rings. The molecule has 0 bridgehead atoms. The number of aromatic nitrogens is 8. The van der Waals surface area contributed by atoms with E-state index in [-0.39, 0.29) is 18.2 Å². The zero-order chi connectivity index (χ0) is 29.2. The Bertz CT molecular complexity index is 1800. The van der Waals surface area contributed by atoms with E-state index in [0.29, 0.717) is 63.8 Å². The van der Waals surface area contributed by atoms with Crippen LogP contribution in [0.2, 0.25) is 10.2 Å². The number of pyridine rings is 2. The number of imidazole rings is 1. The summed E-state index contributed by atoms with van der Waals surface area (Å²) in [6, 6.07) is 11.9. The minimum Gasteiger partial charge on any atom is -0.447 e. The molecule has 1 amide bonds. The van der Waals surface area contributed by atoms with E-state index < -0.39 is 6.09 Å². The van der Waals surface area contributed by atoms with E-state index in [2.05, 4.69) is 30.8 Å². The van der Waals surface area contributed by atoms with Crippen LogP contribution in [0.15, 0.2) is 59.8 Å². The zero-order valence-electron chi connectivity index (χ0n) is 22.1. The van der Waals surface area contributed by atoms with Crippen molar-refractivity contribution in [2.75, 3.05) is 25.6 Å². The number of fused-ring (bicyclic) bond motifs is 1. The summed E-state index contributed by atoms with van der Waals surface area (Å²) in [6.45, 7) is 0.435. The Morgan fingerprint density at radius 3 is 2.81 bits per heavy atom. The highest BCUT2D eigenvalue weighted by atomic mass is 35.5. The summed E-state index contributed by atoms with van der Waals surface area (Å²) in [5.41, 5.74) is 4.18. The van der Waals surface area contributed by atoms with Crippen LogP contribution in [0.3, 0.4) is 0 Å². The van der Waals surface area contributed by atoms with Gasteiger partial charge in [0, 0.05) is 29.5 Å². The maximum Gasteiger partial charge on any atom is 0.411 e. The van der Waals surface area contributed by atoms with Crippen molar-refractivity contribution in [2.45, 2.75) is 18.9 Å². The van der Waals surface area contributed by atoms with Crippen LogP contribution in [-0.2, 0) is 15.9 Å². The fraction of sp³-hybridized carbons (Fsp3) is 0.222. The van der Waals surface area contributed by atoms with Crippen LogP contribution in [0.25, 0.3) is 28.2 Å². The number of methoxy groups -OCH3 is 1. The third-order valence-electron chi connectivity index (χ3n) is 6.77. The van der Waals surface area contributed by atoms with Gasteiger partial charge in [-0.2, -0.15) is 4.68 Å². The van der Waals surface area contributed by atoms with E-state index in [9.17, 15) is 9.59 Å². The monoisotopic (exact) mass is 607 g/mol. The van der Waals surface area contributed by atoms with E-state index in [0.717, 1.165) is 11.3 Å². The van der Waals surface area contributed by atoms with Gasteiger partial charge in [0.05, 0.1) is 35.9 Å². The molecular weight excluding hydrogens is 585 g/mol. The van der Waals surface area contributed by atoms with Crippen LogP contribution in [0, 0.1) is 0 Å². The number of aromatic amines is 1. The van der Waals surface area contributed by atoms with Crippen LogP contribution < -0.4 is 10.9 Å². The molecule has 0 spiro atoms. The number of hydrogen-bond donors (Lipinski definition) is 2. The first-order valence-corrected chi connectivity index (χ1v) is 13.6. The molecule has 0 aliphatic carbocycles. The van der Waals surface area contributed by atoms with Gasteiger partial charge < -0.3 is 19.0 Å². The third kappa shape index (κ3) is 5.49. The van der Waals surface area contributed by atoms with Gasteiger partial charge in [-0.05, 0) is 65.2 Å². The predicted molar refractivity (Wildman–Crippen MR) is 154 cm³/mol. The Hall–Kier alpha value is -4.59. The number of benzene rings is 1. The number of nitrogens with one attached hydrogen (secondary N) is 2. The van der Waals surface area contributed by atoms with Crippen LogP contribution in [0.4, 0.5) is 10.5 Å². The van der Waals surface area contributed by atoms with Crippen LogP contribution >= 0.6 is 23.2 Å². The number of tetrazole rings is 1. The first-order chi connectivity index (χ1) is 20.4. The Morgan fingerprint density at radius 1 is 1.17 bits per heavy atom. The summed E-state index contributed by atoms with van der Waals surface area (Å²) in [5.74, 6) is 0.548. The van der Waals surface area contributed by atoms with Gasteiger partial charge in [0.2, 0.25) is 0 Å². The number of nitrogens with zero attached hydrogens (tertiary/aromatic N) is 7. The van der Waals surface area contributed by atoms with Gasteiger partial charge in [-0.3, -0.25) is 15.1 Å². The lowest BCUT2D eigenvalue weighted by atomic mass is 10.0. The van der Waals surface area contributed by atoms with Crippen LogP contribution in [-0.4, -0.2) is 66.1 Å². The molecule has 2 N–H and O–H groups in total. The smallest absolute Gasteiger partial charge is 0.411 e. The van der Waals surface area contributed by atoms with E-state index in [4.69, 9.17) is 37.7 Å². The van der Waals surface area contributed by atoms with Crippen molar-refractivity contribution < 1.29 is 14.3 Å². The molecule has 13 nitrogen and oxygen atoms in total. The lowest BCUT2D eigenvalue weighted by molar-refractivity contribution is 0.107. The molecule has 1 aliphatic heterocycles. The Morgan fingerprint density at radius 2 is 2.05 bits per heavy atom. The lowest BCUT2D eigenvalue weighted by Crippen LogP contribution is -2.24. The highest BCUT2D eigenvalue weighted by Gasteiger charge is 2.29. The van der Waals surface area contributed by atoms with Gasteiger partial charge >= 0.3 is 6.09 Å². The molecule has 0 radical (unpaired) electrons. The van der Waals surface area contributed by atoms with Crippen molar-refractivity contribution in [1.82, 2.24) is 39.7 Å². The zero-order valence-corrected chi connectivity index (χ0v) is 23.6. The Labute approximate surface area is 248 Å². The molecule has 5 heterocycles. The van der Waals surface area contributed by atoms with Gasteiger partial charge in [0.1, 0.15) is 29.6 Å². The number of amides is 1. The summed E-state index contributed by atoms with van der Waals surface area (Å²) in [4.78, 5) is 37.6. The number of ether oxygens (including phenoxy) is 2. The fourth-order valence-electron chi connectivity index (χ4n) is 4.90. The number of hydrogen-bond acceptors (Lipinski definition) is 9. The van der Waals surface area contributed by atoms with Gasteiger partial charge in [-0.25, -0.2) is 9.78 Å². The molecule has 6 rings (SSSR count). The average molecular weight is 608 g/mol. The Balaban J connectivity index is 1.25. The average Bonchev–Trinajstić information content (AvgIpc) is 3.74. The quantitative estimate of drug-likeness (QED) is 0.245. The Kier molecular flexibility index (Phi) is 7.69. The normalized spacial score (nSPS) is 14.1. The van der Waals surface area contributed by atoms with Crippen molar-refractivity contribution in [3.8, 4) is 28.2 Å². The number of H-pyrrole nitrogens is 1. The highest BCUT2D eigenvalue weighted by Crippen LogP contribution is 2.35. The van der Waals surface area contributed by atoms with Crippen LogP contribution in [0.1, 0.15) is 24.0 Å². The van der Waals surface area contributed by atoms with E-state index in [1.54, 1.807) is 41.0 Å². The van der Waals surface area contributed by atoms with Crippen LogP contribution in [0.5, 0.6) is 0 Å². The largest absolute Gasteiger partial charge is 0.447 e. The lowest BCUT2D eigenvalue weighted by Gasteiger charge is -2.15. The van der Waals surface area contributed by atoms with Gasteiger partial charge in [-0.15, -0.1) is 5.10 Å². The number of carbonyl (C=O) groups is 1. The summed E-state index contributed by atoms with van der Waals surface area (Å²) >= 11 is 12.8. The van der Waals surface area contributed by atoms with Crippen molar-refractivity contribution in [2.24, 2.45) is 0 Å². The molecule has 5 aromatic rings. The van der Waals surface area contributed by atoms with Crippen molar-refractivity contribution >= 4 is 35.0 Å². The fourth-order valence-corrected chi connectivity index (χ4v) is 5.30. The van der Waals surface area contributed by atoms with E-state index in [1.165, 1.54) is 24.3 Å². The maximum absolute atomic E-state index is 13.5. The molecule has 214 valence electrons. The number of halogens is 2. The van der Waals surface area contributed by atoms with E-state index >= 15 is 0 Å². The van der Waals surface area contributed by atoms with Gasteiger partial charge in [-0.1, -0.05) is 23.2 Å². The number of anilines is 1. The summed E-state index contributed by atoms with van der Waals surface area (Å²) in [5, 5.41) is 14.8. The highest BCUT2D eigenvalue weighted by molar-refractivity contribution is 6.32. The van der Waals surface area contributed by atoms with Crippen molar-refractivity contribution in [3.05, 3.63) is 87.0 Å². The standard InChI is InChI=1S/C27H23Cl2N9O4/c1-41-8-9-42-27(40)32-17-3-5-20(30-13-17)24-25(29)34-26(33-24)22-7-4-18-10-15(11-23(39)38(18)22)19-12-16(28)2-6-21(19)37-14-31-35-36-37/h2-3,5-6,10-14,22H,4,7-9H2,1H3,(H,32,40)(H,33,34)/t22-/m0/s1. The first kappa shape index (κ1) is 27.6. The number of carbonyl (C=O) groups excluding carboxylic acids is 1.